The van der Waals surface area contributed by atoms with E-state index in [1.807, 2.05) is 4.67 Å². The summed E-state index contributed by atoms with van der Waals surface area (Å²) in [5, 5.41) is 0. The topological polar surface area (TPSA) is 40.2 Å². The van der Waals surface area contributed by atoms with Crippen LogP contribution in [-0.4, -0.2) is 45.2 Å². The van der Waals surface area contributed by atoms with Crippen molar-refractivity contribution in [3.05, 3.63) is 0 Å². The van der Waals surface area contributed by atoms with E-state index in [-0.39, 0.29) is 0 Å². The predicted molar refractivity (Wildman–Crippen MR) is 44.4 cm³/mol. The van der Waals surface area contributed by atoms with Gasteiger partial charge in [0.05, 0.1) is 0 Å². The summed E-state index contributed by atoms with van der Waals surface area (Å²) in [6.07, 6.45) is 0. The molecule has 0 aliphatic carbocycles. The van der Waals surface area contributed by atoms with Crippen molar-refractivity contribution in [2.45, 2.75) is 0 Å². The van der Waals surface area contributed by atoms with E-state index in [2.05, 4.69) is 0 Å². The van der Waals surface area contributed by atoms with Crippen LogP contribution in [0, 0.1) is 0 Å². The first-order valence-electron chi connectivity index (χ1n) is 3.96. The Morgan fingerprint density at radius 3 is 1.92 bits per heavy atom. The minimum atomic E-state index is -3.23. The van der Waals surface area contributed by atoms with E-state index in [9.17, 15) is 0 Å². The molecule has 0 saturated carbocycles. The van der Waals surface area contributed by atoms with Crippen LogP contribution in [0.25, 0.3) is 0 Å². The summed E-state index contributed by atoms with van der Waals surface area (Å²) in [7, 11) is -0.0827. The van der Waals surface area contributed by atoms with Crippen molar-refractivity contribution in [2.75, 3.05) is 40.5 Å². The molecule has 0 atom stereocenters. The van der Waals surface area contributed by atoms with Crippen LogP contribution in [0.15, 0.2) is 0 Å². The van der Waals surface area contributed by atoms with Crippen molar-refractivity contribution in [2.24, 2.45) is 0 Å². The Balaban J connectivity index is 2.35. The number of rotatable bonds is 2. The molecule has 12 heavy (non-hydrogen) atoms. The number of hydrogen-bond acceptors (Lipinski definition) is 5. The molecule has 5 nitrogen and oxygen atoms in total. The monoisotopic (exact) mass is 195 g/mol. The molecule has 0 bridgehead atoms. The molecular formula is C6H14NO4P. The molecule has 2 saturated heterocycles. The number of nitrogens with zero attached hydrogens (tertiary/aromatic N) is 1. The molecule has 0 spiro atoms. The fourth-order valence-electron chi connectivity index (χ4n) is 1.75. The van der Waals surface area contributed by atoms with E-state index in [0.717, 1.165) is 13.1 Å². The molecule has 0 N–H and O–H groups in total. The van der Waals surface area contributed by atoms with Crippen molar-refractivity contribution in [1.82, 2.24) is 4.67 Å². The Hall–Kier alpha value is 0.230. The second-order valence-corrected chi connectivity index (χ2v) is 6.12. The summed E-state index contributed by atoms with van der Waals surface area (Å²) in [6.45, 7) is 2.91. The molecule has 72 valence electrons. The van der Waals surface area contributed by atoms with Gasteiger partial charge in [0.15, 0.2) is 0 Å². The van der Waals surface area contributed by atoms with E-state index in [1.165, 1.54) is 0 Å². The molecule has 2 rings (SSSR count). The Morgan fingerprint density at radius 2 is 1.58 bits per heavy atom. The maximum absolute atomic E-state index is 5.54. The third-order valence-corrected chi connectivity index (χ3v) is 6.16. The van der Waals surface area contributed by atoms with Gasteiger partial charge in [0.1, 0.15) is 0 Å². The van der Waals surface area contributed by atoms with Gasteiger partial charge in [0.2, 0.25) is 0 Å². The molecule has 0 radical (unpaired) electrons. The molecule has 0 aromatic carbocycles. The first-order valence-corrected chi connectivity index (χ1v) is 5.82. The molecule has 2 aliphatic heterocycles. The molecule has 0 amide bonds. The summed E-state index contributed by atoms with van der Waals surface area (Å²) < 4.78 is 23.8. The van der Waals surface area contributed by atoms with Gasteiger partial charge in [-0.1, -0.05) is 0 Å². The second-order valence-electron chi connectivity index (χ2n) is 2.76. The van der Waals surface area contributed by atoms with Gasteiger partial charge in [0, 0.05) is 0 Å². The van der Waals surface area contributed by atoms with Crippen LogP contribution in [0.3, 0.4) is 0 Å². The van der Waals surface area contributed by atoms with E-state index < -0.39 is 7.66 Å². The molecule has 2 fully saturated rings. The Bertz CT molecular complexity index is 182. The predicted octanol–water partition coefficient (Wildman–Crippen LogP) is 0.770. The van der Waals surface area contributed by atoms with Crippen LogP contribution in [0.1, 0.15) is 0 Å². The summed E-state index contributed by atoms with van der Waals surface area (Å²) in [5.74, 6) is 0. The van der Waals surface area contributed by atoms with Crippen molar-refractivity contribution < 1.29 is 18.1 Å². The summed E-state index contributed by atoms with van der Waals surface area (Å²) in [4.78, 5) is 0. The summed E-state index contributed by atoms with van der Waals surface area (Å²) >= 11 is 0. The average molecular weight is 195 g/mol. The van der Waals surface area contributed by atoms with Gasteiger partial charge in [-0.05, 0) is 0 Å². The first kappa shape index (κ1) is 8.81. The average Bonchev–Trinajstić information content (AvgIpc) is 2.59. The van der Waals surface area contributed by atoms with Gasteiger partial charge >= 0.3 is 71.0 Å². The van der Waals surface area contributed by atoms with E-state index in [1.54, 1.807) is 14.2 Å². The zero-order valence-corrected chi connectivity index (χ0v) is 8.25. The van der Waals surface area contributed by atoms with Crippen molar-refractivity contribution in [3.63, 3.8) is 0 Å². The van der Waals surface area contributed by atoms with Gasteiger partial charge < -0.3 is 0 Å². The summed E-state index contributed by atoms with van der Waals surface area (Å²) in [6, 6.07) is 0. The normalized spacial score (nSPS) is 35.7. The van der Waals surface area contributed by atoms with Crippen molar-refractivity contribution in [3.8, 4) is 0 Å². The van der Waals surface area contributed by atoms with Crippen LogP contribution in [-0.2, 0) is 18.1 Å². The molecule has 2 aliphatic rings. The van der Waals surface area contributed by atoms with Gasteiger partial charge in [0.25, 0.3) is 0 Å². The fraction of sp³-hybridized carbons (Fsp3) is 1.00. The van der Waals surface area contributed by atoms with E-state index >= 15 is 0 Å². The van der Waals surface area contributed by atoms with Crippen LogP contribution < -0.4 is 0 Å². The van der Waals surface area contributed by atoms with Crippen molar-refractivity contribution in [1.29, 1.82) is 0 Å². The molecule has 0 aromatic heterocycles. The van der Waals surface area contributed by atoms with Gasteiger partial charge in [-0.25, -0.2) is 0 Å². The van der Waals surface area contributed by atoms with E-state index in [0.29, 0.717) is 13.2 Å². The Kier molecular flexibility index (Phi) is 1.91. The zero-order valence-electron chi connectivity index (χ0n) is 7.36. The third-order valence-electron chi connectivity index (χ3n) is 2.39. The van der Waals surface area contributed by atoms with Crippen molar-refractivity contribution >= 4 is 7.66 Å². The Morgan fingerprint density at radius 1 is 1.08 bits per heavy atom. The van der Waals surface area contributed by atoms with E-state index in [4.69, 9.17) is 18.1 Å². The van der Waals surface area contributed by atoms with Crippen LogP contribution >= 0.6 is 7.66 Å². The Labute approximate surface area is 71.8 Å². The molecule has 0 unspecified atom stereocenters. The third kappa shape index (κ3) is 0.839. The number of fused-ring (bicyclic) bond motifs is 1. The second kappa shape index (κ2) is 2.61. The van der Waals surface area contributed by atoms with Crippen LogP contribution in [0.2, 0.25) is 0 Å². The molecule has 6 heteroatoms. The van der Waals surface area contributed by atoms with Crippen LogP contribution in [0.4, 0.5) is 0 Å². The summed E-state index contributed by atoms with van der Waals surface area (Å²) in [5.41, 5.74) is 0. The van der Waals surface area contributed by atoms with Crippen LogP contribution in [0.5, 0.6) is 0 Å². The zero-order chi connectivity index (χ0) is 8.68. The molecular weight excluding hydrogens is 181 g/mol. The number of hydrogen-bond donors (Lipinski definition) is 0. The van der Waals surface area contributed by atoms with Gasteiger partial charge in [-0.3, -0.25) is 0 Å². The first-order chi connectivity index (χ1) is 5.75. The fourth-order valence-corrected chi connectivity index (χ4v) is 4.78. The van der Waals surface area contributed by atoms with Gasteiger partial charge in [-0.2, -0.15) is 0 Å². The standard InChI is InChI=1S/C6H14NO4P/c1-8-12(9-2)7(3-5-10-12)4-6-11-12/h3-6H2,1-2H3. The van der Waals surface area contributed by atoms with Gasteiger partial charge in [-0.15, -0.1) is 0 Å². The SMILES string of the molecule is COP12(OC)OCCN1CCO2. The minimum absolute atomic E-state index is 0.625. The maximum atomic E-state index is 5.54. The molecule has 0 aromatic rings. The quantitative estimate of drug-likeness (QED) is 0.608. The molecule has 2 heterocycles.